The summed E-state index contributed by atoms with van der Waals surface area (Å²) in [4.78, 5) is 25.5. The second-order valence-electron chi connectivity index (χ2n) is 8.47. The summed E-state index contributed by atoms with van der Waals surface area (Å²) in [5.41, 5.74) is 3.15. The Hall–Kier alpha value is -3.81. The van der Waals surface area contributed by atoms with Crippen molar-refractivity contribution in [1.29, 1.82) is 0 Å². The lowest BCUT2D eigenvalue weighted by atomic mass is 10.0. The van der Waals surface area contributed by atoms with E-state index in [4.69, 9.17) is 9.84 Å². The smallest absolute Gasteiger partial charge is 0.416 e. The van der Waals surface area contributed by atoms with Crippen molar-refractivity contribution < 1.29 is 32.6 Å². The van der Waals surface area contributed by atoms with Crippen molar-refractivity contribution in [3.63, 3.8) is 0 Å². The summed E-state index contributed by atoms with van der Waals surface area (Å²) in [6.45, 7) is 3.61. The largest absolute Gasteiger partial charge is 0.482 e. The van der Waals surface area contributed by atoms with Crippen molar-refractivity contribution in [2.24, 2.45) is 0 Å². The maximum Gasteiger partial charge on any atom is 0.416 e. The van der Waals surface area contributed by atoms with Crippen LogP contribution in [-0.2, 0) is 22.3 Å². The molecule has 36 heavy (non-hydrogen) atoms. The molecule has 1 aliphatic rings. The first-order chi connectivity index (χ1) is 17.1. The molecule has 3 rings (SSSR count). The maximum absolute atomic E-state index is 13.0. The summed E-state index contributed by atoms with van der Waals surface area (Å²) >= 11 is 0. The lowest BCUT2D eigenvalue weighted by molar-refractivity contribution is -0.139. The van der Waals surface area contributed by atoms with Gasteiger partial charge in [-0.05, 0) is 66.3 Å². The summed E-state index contributed by atoms with van der Waals surface area (Å²) < 4.78 is 44.0. The predicted molar refractivity (Wildman–Crippen MR) is 131 cm³/mol. The Balaban J connectivity index is 1.80. The first-order valence-corrected chi connectivity index (χ1v) is 11.6. The standard InChI is InChI=1S/C28H28F3NO4/c1-3-5-26(33)32(17-20-8-15-25(19(2)16-20)36-18-27(34)35)24-7-4-6-21(11-14-24)22-9-12-23(13-10-22)28(29,30)31/h4,6-10,12-16H,3,5,11,17-18H2,1-2H3,(H,34,35). The Morgan fingerprint density at radius 1 is 1.11 bits per heavy atom. The number of carboxylic acid groups (broad SMARTS) is 1. The third-order valence-electron chi connectivity index (χ3n) is 5.69. The molecule has 0 aromatic heterocycles. The van der Waals surface area contributed by atoms with Crippen LogP contribution in [0.5, 0.6) is 5.75 Å². The molecule has 0 heterocycles. The molecule has 8 heteroatoms. The molecule has 0 atom stereocenters. The Morgan fingerprint density at radius 3 is 2.44 bits per heavy atom. The van der Waals surface area contributed by atoms with Gasteiger partial charge in [-0.25, -0.2) is 4.79 Å². The van der Waals surface area contributed by atoms with Crippen LogP contribution in [0.2, 0.25) is 0 Å². The molecule has 2 aromatic carbocycles. The van der Waals surface area contributed by atoms with Gasteiger partial charge in [0.15, 0.2) is 6.61 Å². The van der Waals surface area contributed by atoms with Crippen LogP contribution in [0.1, 0.15) is 48.4 Å². The number of alkyl halides is 3. The second-order valence-corrected chi connectivity index (χ2v) is 8.47. The first-order valence-electron chi connectivity index (χ1n) is 11.6. The monoisotopic (exact) mass is 499 g/mol. The SMILES string of the molecule is CCCC(=O)N(Cc1ccc(OCC(=O)O)c(C)c1)C1=CCC(c2ccc(C(F)(F)F)cc2)=CC=C1. The van der Waals surface area contributed by atoms with E-state index < -0.39 is 24.3 Å². The number of aryl methyl sites for hydroxylation is 1. The van der Waals surface area contributed by atoms with Crippen LogP contribution in [0, 0.1) is 6.92 Å². The van der Waals surface area contributed by atoms with Crippen LogP contribution in [0.25, 0.3) is 5.57 Å². The van der Waals surface area contributed by atoms with Crippen molar-refractivity contribution >= 4 is 17.4 Å². The molecule has 190 valence electrons. The molecule has 0 aliphatic heterocycles. The summed E-state index contributed by atoms with van der Waals surface area (Å²) in [7, 11) is 0. The predicted octanol–water partition coefficient (Wildman–Crippen LogP) is 6.53. The van der Waals surface area contributed by atoms with Crippen molar-refractivity contribution in [3.8, 4) is 5.75 Å². The summed E-state index contributed by atoms with van der Waals surface area (Å²) in [6.07, 6.45) is 4.47. The van der Waals surface area contributed by atoms with Gasteiger partial charge in [-0.1, -0.05) is 49.4 Å². The fraction of sp³-hybridized carbons (Fsp3) is 0.286. The summed E-state index contributed by atoms with van der Waals surface area (Å²) in [6, 6.07) is 10.4. The van der Waals surface area contributed by atoms with E-state index in [1.54, 1.807) is 23.1 Å². The molecule has 0 spiro atoms. The lowest BCUT2D eigenvalue weighted by Crippen LogP contribution is -2.29. The highest BCUT2D eigenvalue weighted by Gasteiger charge is 2.30. The van der Waals surface area contributed by atoms with Gasteiger partial charge >= 0.3 is 12.1 Å². The van der Waals surface area contributed by atoms with E-state index in [2.05, 4.69) is 0 Å². The molecule has 2 aromatic rings. The topological polar surface area (TPSA) is 66.8 Å². The zero-order chi connectivity index (χ0) is 26.3. The minimum atomic E-state index is -4.39. The number of allylic oxidation sites excluding steroid dienone is 5. The van der Waals surface area contributed by atoms with Crippen LogP contribution in [0.3, 0.4) is 0 Å². The van der Waals surface area contributed by atoms with E-state index in [1.807, 2.05) is 38.1 Å². The highest BCUT2D eigenvalue weighted by atomic mass is 19.4. The van der Waals surface area contributed by atoms with Gasteiger partial charge in [0.2, 0.25) is 5.91 Å². The van der Waals surface area contributed by atoms with Gasteiger partial charge in [0.25, 0.3) is 0 Å². The Bertz CT molecular complexity index is 1190. The number of carbonyl (C=O) groups is 2. The van der Waals surface area contributed by atoms with E-state index in [0.717, 1.165) is 28.8 Å². The molecule has 0 radical (unpaired) electrons. The zero-order valence-electron chi connectivity index (χ0n) is 20.1. The highest BCUT2D eigenvalue weighted by molar-refractivity contribution is 5.79. The van der Waals surface area contributed by atoms with Crippen LogP contribution in [0.15, 0.2) is 72.5 Å². The van der Waals surface area contributed by atoms with Crippen molar-refractivity contribution in [3.05, 3.63) is 94.7 Å². The molecular formula is C28H28F3NO4. The van der Waals surface area contributed by atoms with Gasteiger partial charge in [0.05, 0.1) is 12.1 Å². The lowest BCUT2D eigenvalue weighted by Gasteiger charge is -2.24. The third kappa shape index (κ3) is 7.10. The van der Waals surface area contributed by atoms with Crippen molar-refractivity contribution in [1.82, 2.24) is 4.90 Å². The average Bonchev–Trinajstić information content (AvgIpc) is 3.08. The van der Waals surface area contributed by atoms with Crippen LogP contribution >= 0.6 is 0 Å². The number of amides is 1. The number of benzene rings is 2. The van der Waals surface area contributed by atoms with E-state index in [-0.39, 0.29) is 5.91 Å². The van der Waals surface area contributed by atoms with E-state index >= 15 is 0 Å². The van der Waals surface area contributed by atoms with Crippen LogP contribution in [-0.4, -0.2) is 28.5 Å². The van der Waals surface area contributed by atoms with Gasteiger partial charge in [0.1, 0.15) is 5.75 Å². The fourth-order valence-corrected chi connectivity index (χ4v) is 3.87. The normalized spacial score (nSPS) is 13.5. The minimum Gasteiger partial charge on any atom is -0.482 e. The maximum atomic E-state index is 13.0. The quantitative estimate of drug-likeness (QED) is 0.426. The average molecular weight is 500 g/mol. The van der Waals surface area contributed by atoms with E-state index in [9.17, 15) is 22.8 Å². The number of carbonyl (C=O) groups excluding carboxylic acids is 1. The third-order valence-corrected chi connectivity index (χ3v) is 5.69. The Labute approximate surface area is 208 Å². The van der Waals surface area contributed by atoms with Crippen LogP contribution in [0.4, 0.5) is 13.2 Å². The van der Waals surface area contributed by atoms with Gasteiger partial charge in [0, 0.05) is 12.1 Å². The number of rotatable bonds is 9. The molecule has 1 aliphatic carbocycles. The number of hydrogen-bond acceptors (Lipinski definition) is 3. The minimum absolute atomic E-state index is 0.0461. The fourth-order valence-electron chi connectivity index (χ4n) is 3.87. The molecule has 0 unspecified atom stereocenters. The molecule has 0 fully saturated rings. The number of hydrogen-bond donors (Lipinski definition) is 1. The van der Waals surface area contributed by atoms with Gasteiger partial charge < -0.3 is 14.7 Å². The molecule has 0 bridgehead atoms. The second kappa shape index (κ2) is 11.7. The number of ether oxygens (including phenoxy) is 1. The van der Waals surface area contributed by atoms with Gasteiger partial charge in [-0.3, -0.25) is 4.79 Å². The zero-order valence-corrected chi connectivity index (χ0v) is 20.1. The molecular weight excluding hydrogens is 471 g/mol. The van der Waals surface area contributed by atoms with Gasteiger partial charge in [-0.15, -0.1) is 0 Å². The van der Waals surface area contributed by atoms with Crippen molar-refractivity contribution in [2.75, 3.05) is 6.61 Å². The van der Waals surface area contributed by atoms with E-state index in [0.29, 0.717) is 42.8 Å². The number of nitrogens with zero attached hydrogens (tertiary/aromatic N) is 1. The molecule has 5 nitrogen and oxygen atoms in total. The first kappa shape index (κ1) is 26.8. The van der Waals surface area contributed by atoms with E-state index in [1.165, 1.54) is 12.1 Å². The number of carboxylic acids is 1. The molecule has 1 N–H and O–H groups in total. The van der Waals surface area contributed by atoms with Gasteiger partial charge in [-0.2, -0.15) is 13.2 Å². The molecule has 1 amide bonds. The molecule has 0 saturated heterocycles. The summed E-state index contributed by atoms with van der Waals surface area (Å²) in [5, 5.41) is 8.82. The van der Waals surface area contributed by atoms with Crippen molar-refractivity contribution in [2.45, 2.75) is 45.8 Å². The van der Waals surface area contributed by atoms with Crippen LogP contribution < -0.4 is 4.74 Å². The Kier molecular flexibility index (Phi) is 8.74. The highest BCUT2D eigenvalue weighted by Crippen LogP contribution is 2.31. The molecule has 0 saturated carbocycles. The number of aliphatic carboxylic acids is 1. The Morgan fingerprint density at radius 2 is 1.83 bits per heavy atom. The number of halogens is 3. The summed E-state index contributed by atoms with van der Waals surface area (Å²) in [5.74, 6) is -0.645.